The van der Waals surface area contributed by atoms with Crippen molar-refractivity contribution >= 4 is 17.6 Å². The van der Waals surface area contributed by atoms with Crippen molar-refractivity contribution in [2.24, 2.45) is 5.92 Å². The Morgan fingerprint density at radius 3 is 2.78 bits per heavy atom. The van der Waals surface area contributed by atoms with Crippen LogP contribution in [0.5, 0.6) is 0 Å². The molecule has 3 saturated heterocycles. The molecular weight excluding hydrogens is 482 g/mol. The lowest BCUT2D eigenvalue weighted by molar-refractivity contribution is -0.285. The van der Waals surface area contributed by atoms with E-state index < -0.39 is 29.9 Å². The molecule has 2 bridgehead atoms. The molecule has 3 amide bonds. The van der Waals surface area contributed by atoms with Crippen LogP contribution in [0.15, 0.2) is 36.4 Å². The fourth-order valence-electron chi connectivity index (χ4n) is 5.89. The lowest BCUT2D eigenvalue weighted by Gasteiger charge is -2.41. The van der Waals surface area contributed by atoms with Gasteiger partial charge in [-0.2, -0.15) is 0 Å². The fraction of sp³-hybridized carbons (Fsp3) is 0.481. The minimum atomic E-state index is -0.673. The molecule has 4 atom stereocenters. The summed E-state index contributed by atoms with van der Waals surface area (Å²) in [6.45, 7) is 2.06. The molecule has 37 heavy (non-hydrogen) atoms. The standard InChI is InChI=1S/C27H30F2N4O4/c1-15(16-3-4-16)32(13-18-11-19(28)5-8-22(18)29)23(34)14-33-24-27(37-26(33)36-24)10-9-17-12-20(6-7-21(17)27)31-25(35)30-2/h5-8,11-12,15-16,24,26H,3-4,9-10,13-14H2,1-2H3,(H2,30,31,35)/t15-,24?,26?,27+/m0/s1. The molecule has 0 aromatic heterocycles. The average Bonchev–Trinajstić information content (AvgIpc) is 3.49. The van der Waals surface area contributed by atoms with Gasteiger partial charge >= 0.3 is 6.03 Å². The minimum absolute atomic E-state index is 0.0140. The largest absolute Gasteiger partial charge is 0.341 e. The van der Waals surface area contributed by atoms with Crippen molar-refractivity contribution < 1.29 is 27.8 Å². The van der Waals surface area contributed by atoms with Gasteiger partial charge in [-0.25, -0.2) is 18.5 Å². The van der Waals surface area contributed by atoms with Crippen LogP contribution in [0, 0.1) is 17.6 Å². The maximum atomic E-state index is 14.4. The van der Waals surface area contributed by atoms with E-state index in [1.165, 1.54) is 0 Å². The number of carbonyl (C=O) groups excluding carboxylic acids is 2. The zero-order chi connectivity index (χ0) is 25.9. The summed E-state index contributed by atoms with van der Waals surface area (Å²) in [5.41, 5.74) is 2.27. The highest BCUT2D eigenvalue weighted by molar-refractivity contribution is 5.89. The van der Waals surface area contributed by atoms with Crippen molar-refractivity contribution in [2.45, 2.75) is 63.4 Å². The van der Waals surface area contributed by atoms with Crippen LogP contribution in [-0.2, 0) is 32.8 Å². The van der Waals surface area contributed by atoms with Gasteiger partial charge in [0.1, 0.15) is 17.2 Å². The molecule has 1 saturated carbocycles. The number of nitrogens with zero attached hydrogens (tertiary/aromatic N) is 2. The van der Waals surface area contributed by atoms with Crippen LogP contribution < -0.4 is 10.6 Å². The van der Waals surface area contributed by atoms with E-state index in [4.69, 9.17) is 9.47 Å². The Labute approximate surface area is 213 Å². The molecule has 2 aromatic carbocycles. The Balaban J connectivity index is 1.19. The van der Waals surface area contributed by atoms with E-state index in [-0.39, 0.29) is 36.6 Å². The van der Waals surface area contributed by atoms with Crippen LogP contribution in [-0.4, -0.2) is 54.0 Å². The van der Waals surface area contributed by atoms with Gasteiger partial charge < -0.3 is 25.0 Å². The monoisotopic (exact) mass is 512 g/mol. The van der Waals surface area contributed by atoms with Gasteiger partial charge in [-0.1, -0.05) is 6.07 Å². The molecular formula is C27H30F2N4O4. The third-order valence-electron chi connectivity index (χ3n) is 8.12. The zero-order valence-electron chi connectivity index (χ0n) is 20.8. The first kappa shape index (κ1) is 24.3. The van der Waals surface area contributed by atoms with Crippen LogP contribution >= 0.6 is 0 Å². The summed E-state index contributed by atoms with van der Waals surface area (Å²) in [5.74, 6) is -0.845. The van der Waals surface area contributed by atoms with Gasteiger partial charge in [0.25, 0.3) is 0 Å². The van der Waals surface area contributed by atoms with Crippen molar-refractivity contribution in [3.05, 3.63) is 64.7 Å². The molecule has 4 fully saturated rings. The fourth-order valence-corrected chi connectivity index (χ4v) is 5.89. The molecule has 2 unspecified atom stereocenters. The number of halogens is 2. The molecule has 5 aliphatic rings. The van der Waals surface area contributed by atoms with Crippen molar-refractivity contribution in [1.82, 2.24) is 15.1 Å². The lowest BCUT2D eigenvalue weighted by Crippen LogP contribution is -2.59. The summed E-state index contributed by atoms with van der Waals surface area (Å²) in [5, 5.41) is 5.33. The highest BCUT2D eigenvalue weighted by Crippen LogP contribution is 2.56. The molecule has 1 spiro atoms. The number of hydrogen-bond donors (Lipinski definition) is 2. The number of rotatable bonds is 7. The summed E-state index contributed by atoms with van der Waals surface area (Å²) >= 11 is 0. The van der Waals surface area contributed by atoms with Gasteiger partial charge in [0.15, 0.2) is 6.23 Å². The normalized spacial score (nSPS) is 26.5. The highest BCUT2D eigenvalue weighted by Gasteiger charge is 2.66. The molecule has 7 rings (SSSR count). The lowest BCUT2D eigenvalue weighted by atomic mass is 9.93. The van der Waals surface area contributed by atoms with Crippen LogP contribution in [0.25, 0.3) is 0 Å². The second-order valence-corrected chi connectivity index (χ2v) is 10.4. The van der Waals surface area contributed by atoms with E-state index in [1.54, 1.807) is 11.9 Å². The Morgan fingerprint density at radius 2 is 2.03 bits per heavy atom. The van der Waals surface area contributed by atoms with Gasteiger partial charge in [-0.05, 0) is 80.0 Å². The van der Waals surface area contributed by atoms with Crippen LogP contribution in [0.4, 0.5) is 19.3 Å². The number of carbonyl (C=O) groups is 2. The van der Waals surface area contributed by atoms with Gasteiger partial charge in [0.2, 0.25) is 12.3 Å². The number of amides is 3. The first-order valence-electron chi connectivity index (χ1n) is 12.7. The van der Waals surface area contributed by atoms with Crippen molar-refractivity contribution in [3.63, 3.8) is 0 Å². The predicted octanol–water partition coefficient (Wildman–Crippen LogP) is 3.66. The first-order chi connectivity index (χ1) is 17.8. The predicted molar refractivity (Wildman–Crippen MR) is 130 cm³/mol. The summed E-state index contributed by atoms with van der Waals surface area (Å²) in [4.78, 5) is 28.8. The smallest absolute Gasteiger partial charge is 0.318 e. The third-order valence-corrected chi connectivity index (χ3v) is 8.12. The molecule has 2 aliphatic carbocycles. The van der Waals surface area contributed by atoms with Crippen LogP contribution in [0.2, 0.25) is 0 Å². The summed E-state index contributed by atoms with van der Waals surface area (Å²) < 4.78 is 40.6. The SMILES string of the molecule is CNC(=O)Nc1ccc2c(c1)CC[C@@]21OC2OC1N2CC(=O)N(Cc1cc(F)ccc1F)[C@@H](C)C1CC1. The van der Waals surface area contributed by atoms with E-state index in [0.29, 0.717) is 18.0 Å². The van der Waals surface area contributed by atoms with Gasteiger partial charge in [-0.3, -0.25) is 4.79 Å². The molecule has 2 aromatic rings. The van der Waals surface area contributed by atoms with Gasteiger partial charge in [0.05, 0.1) is 6.54 Å². The van der Waals surface area contributed by atoms with Crippen LogP contribution in [0.1, 0.15) is 42.9 Å². The van der Waals surface area contributed by atoms with Crippen LogP contribution in [0.3, 0.4) is 0 Å². The number of anilines is 1. The number of nitrogens with one attached hydrogen (secondary N) is 2. The third kappa shape index (κ3) is 4.17. The Morgan fingerprint density at radius 1 is 1.22 bits per heavy atom. The van der Waals surface area contributed by atoms with E-state index >= 15 is 0 Å². The number of benzene rings is 2. The number of hydrogen-bond acceptors (Lipinski definition) is 5. The number of urea groups is 1. The Kier molecular flexibility index (Phi) is 5.93. The number of aryl methyl sites for hydroxylation is 1. The van der Waals surface area contributed by atoms with Gasteiger partial charge in [0, 0.05) is 30.9 Å². The second kappa shape index (κ2) is 9.04. The maximum absolute atomic E-state index is 14.4. The van der Waals surface area contributed by atoms with Crippen molar-refractivity contribution in [3.8, 4) is 0 Å². The molecule has 8 nitrogen and oxygen atoms in total. The van der Waals surface area contributed by atoms with E-state index in [1.807, 2.05) is 30.0 Å². The Bertz CT molecular complexity index is 1250. The molecule has 3 heterocycles. The molecule has 0 radical (unpaired) electrons. The first-order valence-corrected chi connectivity index (χ1v) is 12.7. The number of ether oxygens (including phenoxy) is 2. The number of fused-ring (bicyclic) bond motifs is 1. The quantitative estimate of drug-likeness (QED) is 0.592. The van der Waals surface area contributed by atoms with E-state index in [2.05, 4.69) is 10.6 Å². The summed E-state index contributed by atoms with van der Waals surface area (Å²) in [6, 6.07) is 8.70. The average molecular weight is 513 g/mol. The summed E-state index contributed by atoms with van der Waals surface area (Å²) in [6.07, 6.45) is 2.46. The molecule has 10 heteroatoms. The van der Waals surface area contributed by atoms with E-state index in [0.717, 1.165) is 48.6 Å². The minimum Gasteiger partial charge on any atom is -0.341 e. The highest BCUT2D eigenvalue weighted by atomic mass is 19.1. The van der Waals surface area contributed by atoms with Gasteiger partial charge in [-0.15, -0.1) is 0 Å². The van der Waals surface area contributed by atoms with Crippen molar-refractivity contribution in [2.75, 3.05) is 18.9 Å². The van der Waals surface area contributed by atoms with Crippen molar-refractivity contribution in [1.29, 1.82) is 0 Å². The second-order valence-electron chi connectivity index (χ2n) is 10.4. The Hall–Kier alpha value is -3.08. The summed E-state index contributed by atoms with van der Waals surface area (Å²) in [7, 11) is 1.56. The molecule has 196 valence electrons. The zero-order valence-corrected chi connectivity index (χ0v) is 20.8. The maximum Gasteiger partial charge on any atom is 0.318 e. The topological polar surface area (TPSA) is 83.1 Å². The van der Waals surface area contributed by atoms with E-state index in [9.17, 15) is 18.4 Å². The molecule has 3 aliphatic heterocycles. The molecule has 2 N–H and O–H groups in total.